The molecule has 0 spiro atoms. The van der Waals surface area contributed by atoms with E-state index >= 15 is 0 Å². The highest BCUT2D eigenvalue weighted by atomic mass is 19.4. The smallest absolute Gasteiger partial charge is 0.307 e. The highest BCUT2D eigenvalue weighted by Crippen LogP contribution is 2.40. The van der Waals surface area contributed by atoms with Crippen molar-refractivity contribution in [1.82, 2.24) is 5.43 Å². The quantitative estimate of drug-likeness (QED) is 0.341. The molecule has 0 fully saturated rings. The van der Waals surface area contributed by atoms with E-state index in [1.165, 1.54) is 0 Å². The maximum atomic E-state index is 12.8. The number of nitrogens with zero attached hydrogens (tertiary/aromatic N) is 2. The van der Waals surface area contributed by atoms with Gasteiger partial charge < -0.3 is 5.32 Å². The number of benzene rings is 2. The van der Waals surface area contributed by atoms with Crippen molar-refractivity contribution in [2.75, 3.05) is 10.7 Å². The molecule has 0 radical (unpaired) electrons. The van der Waals surface area contributed by atoms with Crippen LogP contribution in [0.3, 0.4) is 0 Å². The molecule has 166 valence electrons. The Kier molecular flexibility index (Phi) is 6.22. The number of carbonyl (C=O) groups excluding carboxylic acids is 1. The van der Waals surface area contributed by atoms with Crippen molar-refractivity contribution >= 4 is 28.8 Å². The Bertz CT molecular complexity index is 987. The van der Waals surface area contributed by atoms with Gasteiger partial charge in [-0.05, 0) is 24.3 Å². The van der Waals surface area contributed by atoms with Gasteiger partial charge in [0, 0.05) is 17.8 Å². The summed E-state index contributed by atoms with van der Waals surface area (Å²) in [5, 5.41) is 24.2. The molecule has 0 saturated carbocycles. The van der Waals surface area contributed by atoms with E-state index in [0.29, 0.717) is 12.1 Å². The van der Waals surface area contributed by atoms with E-state index in [0.717, 1.165) is 12.1 Å². The van der Waals surface area contributed by atoms with Crippen LogP contribution in [-0.2, 0) is 12.4 Å². The molecule has 3 N–H and O–H groups in total. The second kappa shape index (κ2) is 8.33. The molecule has 0 aliphatic carbocycles. The summed E-state index contributed by atoms with van der Waals surface area (Å²) in [5.41, 5.74) is -3.05. The summed E-state index contributed by atoms with van der Waals surface area (Å²) in [5.74, 6) is 0. The summed E-state index contributed by atoms with van der Waals surface area (Å²) >= 11 is 0. The van der Waals surface area contributed by atoms with Gasteiger partial charge in [0.15, 0.2) is 0 Å². The molecule has 16 heteroatoms. The molecule has 2 aromatic rings. The zero-order valence-electron chi connectivity index (χ0n) is 14.7. The first-order chi connectivity index (χ1) is 14.2. The molecule has 2 amide bonds. The van der Waals surface area contributed by atoms with Crippen LogP contribution in [0.25, 0.3) is 0 Å². The van der Waals surface area contributed by atoms with Crippen molar-refractivity contribution < 1.29 is 41.0 Å². The Morgan fingerprint density at radius 2 is 1.26 bits per heavy atom. The van der Waals surface area contributed by atoms with E-state index in [-0.39, 0.29) is 17.8 Å². The lowest BCUT2D eigenvalue weighted by Crippen LogP contribution is -2.34. The molecular weight excluding hydrogens is 444 g/mol. The van der Waals surface area contributed by atoms with E-state index in [4.69, 9.17) is 0 Å². The van der Waals surface area contributed by atoms with E-state index in [1.807, 2.05) is 5.32 Å². The number of rotatable bonds is 5. The van der Waals surface area contributed by atoms with Gasteiger partial charge in [-0.15, -0.1) is 0 Å². The molecule has 2 aromatic carbocycles. The number of hydrogen-bond acceptors (Lipinski definition) is 6. The van der Waals surface area contributed by atoms with Gasteiger partial charge in [0.05, 0.1) is 21.0 Å². The molecular formula is C15H9F6N5O5. The van der Waals surface area contributed by atoms with Crippen molar-refractivity contribution in [2.24, 2.45) is 0 Å². The molecule has 2 rings (SSSR count). The number of alkyl halides is 6. The predicted molar refractivity (Wildman–Crippen MR) is 92.0 cm³/mol. The molecule has 0 aliphatic heterocycles. The third-order valence-electron chi connectivity index (χ3n) is 3.59. The predicted octanol–water partition coefficient (Wildman–Crippen LogP) is 4.69. The second-order valence-corrected chi connectivity index (χ2v) is 5.68. The van der Waals surface area contributed by atoms with E-state index in [2.05, 4.69) is 0 Å². The summed E-state index contributed by atoms with van der Waals surface area (Å²) < 4.78 is 76.1. The fraction of sp³-hybridized carbons (Fsp3) is 0.133. The zero-order chi connectivity index (χ0) is 23.6. The number of hydrogen-bond donors (Lipinski definition) is 3. The van der Waals surface area contributed by atoms with Gasteiger partial charge in [-0.1, -0.05) is 0 Å². The van der Waals surface area contributed by atoms with Gasteiger partial charge in [0.2, 0.25) is 5.69 Å². The minimum atomic E-state index is -5.12. The number of carbonyl (C=O) groups is 1. The lowest BCUT2D eigenvalue weighted by atomic mass is 10.1. The van der Waals surface area contributed by atoms with Crippen LogP contribution in [0.15, 0.2) is 36.4 Å². The van der Waals surface area contributed by atoms with Crippen LogP contribution in [0, 0.1) is 20.2 Å². The zero-order valence-corrected chi connectivity index (χ0v) is 14.7. The van der Waals surface area contributed by atoms with Crippen LogP contribution in [0.4, 0.5) is 53.9 Å². The van der Waals surface area contributed by atoms with Gasteiger partial charge in [0.25, 0.3) is 0 Å². The molecule has 10 nitrogen and oxygen atoms in total. The van der Waals surface area contributed by atoms with Crippen LogP contribution < -0.4 is 16.2 Å². The van der Waals surface area contributed by atoms with Crippen molar-refractivity contribution in [3.8, 4) is 0 Å². The first-order valence-electron chi connectivity index (χ1n) is 7.74. The normalized spacial score (nSPS) is 11.5. The third-order valence-corrected chi connectivity index (χ3v) is 3.59. The summed E-state index contributed by atoms with van der Waals surface area (Å²) in [6, 6.07) is 1.89. The maximum absolute atomic E-state index is 12.8. The van der Waals surface area contributed by atoms with Crippen LogP contribution in [0.2, 0.25) is 0 Å². The number of nitro groups is 2. The first kappa shape index (κ1) is 23.2. The standard InChI is InChI=1S/C15H9F6N5O5/c16-14(17,18)7-1-3-9(4-2-7)22-13(27)24-23-12-10(25(28)29)5-8(15(19,20)21)6-11(12)26(30)31/h1-6,23H,(H2,22,24,27). The van der Waals surface area contributed by atoms with Crippen molar-refractivity contribution in [3.63, 3.8) is 0 Å². The van der Waals surface area contributed by atoms with Crippen molar-refractivity contribution in [2.45, 2.75) is 12.4 Å². The Hall–Kier alpha value is -4.11. The van der Waals surface area contributed by atoms with Crippen LogP contribution >= 0.6 is 0 Å². The average molecular weight is 453 g/mol. The van der Waals surface area contributed by atoms with Gasteiger partial charge in [-0.25, -0.2) is 4.79 Å². The summed E-state index contributed by atoms with van der Waals surface area (Å²) in [7, 11) is 0. The summed E-state index contributed by atoms with van der Waals surface area (Å²) in [4.78, 5) is 31.3. The molecule has 0 saturated heterocycles. The molecule has 0 bridgehead atoms. The van der Waals surface area contributed by atoms with Gasteiger partial charge in [-0.2, -0.15) is 26.3 Å². The van der Waals surface area contributed by atoms with Gasteiger partial charge in [-0.3, -0.25) is 31.1 Å². The van der Waals surface area contributed by atoms with Crippen LogP contribution in [0.5, 0.6) is 0 Å². The van der Waals surface area contributed by atoms with E-state index in [9.17, 15) is 51.4 Å². The maximum Gasteiger partial charge on any atom is 0.416 e. The molecule has 0 aliphatic rings. The Labute approximate surface area is 167 Å². The fourth-order valence-corrected chi connectivity index (χ4v) is 2.22. The number of nitrogens with one attached hydrogen (secondary N) is 3. The highest BCUT2D eigenvalue weighted by Gasteiger charge is 2.38. The average Bonchev–Trinajstić information content (AvgIpc) is 2.64. The Balaban J connectivity index is 2.24. The first-order valence-corrected chi connectivity index (χ1v) is 7.74. The topological polar surface area (TPSA) is 139 Å². The molecule has 31 heavy (non-hydrogen) atoms. The summed E-state index contributed by atoms with van der Waals surface area (Å²) in [6.07, 6.45) is -9.75. The second-order valence-electron chi connectivity index (χ2n) is 5.68. The Morgan fingerprint density at radius 1 is 0.806 bits per heavy atom. The van der Waals surface area contributed by atoms with Crippen molar-refractivity contribution in [3.05, 3.63) is 67.8 Å². The minimum absolute atomic E-state index is 0.0325. The van der Waals surface area contributed by atoms with E-state index < -0.39 is 56.4 Å². The minimum Gasteiger partial charge on any atom is -0.307 e. The SMILES string of the molecule is O=C(NNc1c([N+](=O)[O-])cc(C(F)(F)F)cc1[N+](=O)[O-])Nc1ccc(C(F)(F)F)cc1. The number of urea groups is 1. The lowest BCUT2D eigenvalue weighted by molar-refractivity contribution is -0.392. The van der Waals surface area contributed by atoms with Crippen LogP contribution in [-0.4, -0.2) is 15.9 Å². The number of anilines is 2. The number of nitro benzene ring substituents is 2. The highest BCUT2D eigenvalue weighted by molar-refractivity contribution is 5.91. The monoisotopic (exact) mass is 453 g/mol. The lowest BCUT2D eigenvalue weighted by Gasteiger charge is -2.13. The largest absolute Gasteiger partial charge is 0.416 e. The van der Waals surface area contributed by atoms with Crippen molar-refractivity contribution in [1.29, 1.82) is 0 Å². The molecule has 0 heterocycles. The summed E-state index contributed by atoms with van der Waals surface area (Å²) in [6.45, 7) is 0. The number of halogens is 6. The van der Waals surface area contributed by atoms with Crippen LogP contribution in [0.1, 0.15) is 11.1 Å². The molecule has 0 aromatic heterocycles. The Morgan fingerprint density at radius 3 is 1.65 bits per heavy atom. The van der Waals surface area contributed by atoms with E-state index in [1.54, 1.807) is 10.9 Å². The fourth-order valence-electron chi connectivity index (χ4n) is 2.22. The number of hydrazine groups is 1. The van der Waals surface area contributed by atoms with Gasteiger partial charge in [0.1, 0.15) is 0 Å². The third kappa shape index (κ3) is 5.71. The molecule has 0 atom stereocenters. The number of amides is 2. The molecule has 0 unspecified atom stereocenters. The van der Waals surface area contributed by atoms with Gasteiger partial charge >= 0.3 is 29.8 Å².